The quantitative estimate of drug-likeness (QED) is 0.609. The lowest BCUT2D eigenvalue weighted by Gasteiger charge is -2.14. The minimum absolute atomic E-state index is 0.210. The van der Waals surface area contributed by atoms with E-state index in [1.807, 2.05) is 29.6 Å². The van der Waals surface area contributed by atoms with Crippen molar-refractivity contribution in [2.24, 2.45) is 0 Å². The van der Waals surface area contributed by atoms with Gasteiger partial charge in [0.2, 0.25) is 5.91 Å². The minimum atomic E-state index is -0.573. The lowest BCUT2D eigenvalue weighted by Crippen LogP contribution is -2.33. The van der Waals surface area contributed by atoms with Crippen LogP contribution in [-0.2, 0) is 16.0 Å². The van der Waals surface area contributed by atoms with Gasteiger partial charge in [-0.3, -0.25) is 9.69 Å². The van der Waals surface area contributed by atoms with Gasteiger partial charge in [-0.15, -0.1) is 11.3 Å². The molecule has 1 aromatic heterocycles. The van der Waals surface area contributed by atoms with Crippen LogP contribution in [0.3, 0.4) is 0 Å². The zero-order valence-electron chi connectivity index (χ0n) is 17.2. The molecule has 2 heterocycles. The van der Waals surface area contributed by atoms with Gasteiger partial charge in [-0.05, 0) is 23.8 Å². The number of aromatic nitrogens is 1. The third-order valence-electron chi connectivity index (χ3n) is 4.97. The molecule has 9 heteroatoms. The SMILES string of the molecule is CC(=O)NC[C@H]1CN(c2ccc(-c3ccc(-c4nc(CC#N)cs4)cc3)c(F)c2)C(=O)O1. The van der Waals surface area contributed by atoms with Crippen LogP contribution in [0.5, 0.6) is 0 Å². The molecule has 1 aliphatic heterocycles. The Labute approximate surface area is 188 Å². The van der Waals surface area contributed by atoms with Crippen molar-refractivity contribution in [1.82, 2.24) is 10.3 Å². The van der Waals surface area contributed by atoms with Gasteiger partial charge in [0.25, 0.3) is 0 Å². The van der Waals surface area contributed by atoms with E-state index in [-0.39, 0.29) is 25.4 Å². The molecule has 0 spiro atoms. The highest BCUT2D eigenvalue weighted by Gasteiger charge is 2.32. The number of halogens is 1. The summed E-state index contributed by atoms with van der Waals surface area (Å²) >= 11 is 1.46. The fraction of sp³-hybridized carbons (Fsp3) is 0.217. The maximum atomic E-state index is 14.9. The fourth-order valence-electron chi connectivity index (χ4n) is 3.40. The predicted molar refractivity (Wildman–Crippen MR) is 119 cm³/mol. The van der Waals surface area contributed by atoms with Gasteiger partial charge in [0.1, 0.15) is 16.9 Å². The number of hydrogen-bond acceptors (Lipinski definition) is 6. The molecule has 3 aromatic rings. The van der Waals surface area contributed by atoms with E-state index in [2.05, 4.69) is 16.4 Å². The number of nitrogens with zero attached hydrogens (tertiary/aromatic N) is 3. The molecule has 1 N–H and O–H groups in total. The Morgan fingerprint density at radius 1 is 1.31 bits per heavy atom. The first-order valence-electron chi connectivity index (χ1n) is 9.89. The van der Waals surface area contributed by atoms with Gasteiger partial charge < -0.3 is 10.1 Å². The maximum absolute atomic E-state index is 14.9. The van der Waals surface area contributed by atoms with Crippen molar-refractivity contribution in [2.75, 3.05) is 18.0 Å². The third kappa shape index (κ3) is 4.60. The van der Waals surface area contributed by atoms with Gasteiger partial charge >= 0.3 is 6.09 Å². The number of carbonyl (C=O) groups excluding carboxylic acids is 2. The number of ether oxygens (including phenoxy) is 1. The molecule has 2 aromatic carbocycles. The summed E-state index contributed by atoms with van der Waals surface area (Å²) in [6.07, 6.45) is -0.790. The Balaban J connectivity index is 1.49. The second kappa shape index (κ2) is 9.16. The number of amides is 2. The number of thiazole rings is 1. The van der Waals surface area contributed by atoms with Crippen molar-refractivity contribution in [3.05, 3.63) is 59.4 Å². The van der Waals surface area contributed by atoms with E-state index in [1.165, 1.54) is 29.2 Å². The zero-order valence-corrected chi connectivity index (χ0v) is 18.0. The molecule has 32 heavy (non-hydrogen) atoms. The minimum Gasteiger partial charge on any atom is -0.442 e. The average Bonchev–Trinajstić information content (AvgIpc) is 3.39. The summed E-state index contributed by atoms with van der Waals surface area (Å²) in [7, 11) is 0. The van der Waals surface area contributed by atoms with Crippen LogP contribution in [0.2, 0.25) is 0 Å². The monoisotopic (exact) mass is 450 g/mol. The first-order valence-corrected chi connectivity index (χ1v) is 10.8. The van der Waals surface area contributed by atoms with E-state index >= 15 is 0 Å². The Hall–Kier alpha value is -3.77. The smallest absolute Gasteiger partial charge is 0.414 e. The van der Waals surface area contributed by atoms with Gasteiger partial charge in [-0.25, -0.2) is 14.2 Å². The molecule has 0 bridgehead atoms. The summed E-state index contributed by atoms with van der Waals surface area (Å²) in [5.41, 5.74) is 3.13. The summed E-state index contributed by atoms with van der Waals surface area (Å²) in [6.45, 7) is 1.83. The first kappa shape index (κ1) is 21.5. The van der Waals surface area contributed by atoms with Crippen LogP contribution in [-0.4, -0.2) is 36.2 Å². The van der Waals surface area contributed by atoms with E-state index in [4.69, 9.17) is 10.00 Å². The Morgan fingerprint density at radius 2 is 2.06 bits per heavy atom. The largest absolute Gasteiger partial charge is 0.442 e. The number of nitrogens with one attached hydrogen (secondary N) is 1. The fourth-order valence-corrected chi connectivity index (χ4v) is 4.22. The number of benzene rings is 2. The van der Waals surface area contributed by atoms with Crippen LogP contribution in [0.4, 0.5) is 14.9 Å². The highest BCUT2D eigenvalue weighted by molar-refractivity contribution is 7.13. The van der Waals surface area contributed by atoms with Crippen molar-refractivity contribution >= 4 is 29.0 Å². The van der Waals surface area contributed by atoms with Gasteiger partial charge in [0.15, 0.2) is 0 Å². The third-order valence-corrected chi connectivity index (χ3v) is 5.91. The van der Waals surface area contributed by atoms with E-state index in [0.29, 0.717) is 16.8 Å². The van der Waals surface area contributed by atoms with Crippen LogP contribution < -0.4 is 10.2 Å². The van der Waals surface area contributed by atoms with Gasteiger partial charge in [0, 0.05) is 23.4 Å². The van der Waals surface area contributed by atoms with E-state index in [9.17, 15) is 14.0 Å². The summed E-state index contributed by atoms with van der Waals surface area (Å²) < 4.78 is 20.1. The first-order chi connectivity index (χ1) is 15.4. The van der Waals surface area contributed by atoms with Gasteiger partial charge in [-0.1, -0.05) is 24.3 Å². The number of cyclic esters (lactones) is 1. The molecule has 1 atom stereocenters. The standard InChI is InChI=1S/C23H19FN4O3S/c1-14(29)26-11-19-12-28(23(30)31-19)18-6-7-20(21(24)10-18)15-2-4-16(5-3-15)22-27-17(8-9-25)13-32-22/h2-7,10,13,19H,8,11-12H2,1H3,(H,26,29)/t19-/m0/s1. The summed E-state index contributed by atoms with van der Waals surface area (Å²) in [6, 6.07) is 14.0. The predicted octanol–water partition coefficient (Wildman–Crippen LogP) is 4.14. The highest BCUT2D eigenvalue weighted by Crippen LogP contribution is 2.31. The number of hydrogen-bond donors (Lipinski definition) is 1. The number of rotatable bonds is 6. The summed E-state index contributed by atoms with van der Waals surface area (Å²) in [5, 5.41) is 14.1. The molecule has 0 saturated carbocycles. The Kier molecular flexibility index (Phi) is 6.14. The molecule has 1 fully saturated rings. The van der Waals surface area contributed by atoms with Crippen molar-refractivity contribution in [3.8, 4) is 27.8 Å². The topological polar surface area (TPSA) is 95.3 Å². The molecule has 7 nitrogen and oxygen atoms in total. The van der Waals surface area contributed by atoms with Crippen molar-refractivity contribution in [3.63, 3.8) is 0 Å². The summed E-state index contributed by atoms with van der Waals surface area (Å²) in [4.78, 5) is 29.0. The second-order valence-electron chi connectivity index (χ2n) is 7.27. The van der Waals surface area contributed by atoms with Crippen LogP contribution in [0.25, 0.3) is 21.7 Å². The van der Waals surface area contributed by atoms with Gasteiger partial charge in [-0.2, -0.15) is 5.26 Å². The molecule has 0 radical (unpaired) electrons. The number of nitriles is 1. The zero-order chi connectivity index (χ0) is 22.7. The van der Waals surface area contributed by atoms with Crippen LogP contribution >= 0.6 is 11.3 Å². The van der Waals surface area contributed by atoms with E-state index in [1.54, 1.807) is 12.1 Å². The molecule has 2 amide bonds. The molecule has 0 unspecified atom stereocenters. The van der Waals surface area contributed by atoms with E-state index in [0.717, 1.165) is 16.3 Å². The average molecular weight is 450 g/mol. The van der Waals surface area contributed by atoms with E-state index < -0.39 is 18.0 Å². The summed E-state index contributed by atoms with van der Waals surface area (Å²) in [5.74, 6) is -0.669. The lowest BCUT2D eigenvalue weighted by molar-refractivity contribution is -0.119. The number of carbonyl (C=O) groups is 2. The number of anilines is 1. The normalized spacial score (nSPS) is 15.3. The molecule has 1 saturated heterocycles. The Bertz CT molecular complexity index is 1200. The molecular weight excluding hydrogens is 431 g/mol. The van der Waals surface area contributed by atoms with Crippen molar-refractivity contribution in [1.29, 1.82) is 5.26 Å². The molecule has 162 valence electrons. The van der Waals surface area contributed by atoms with Gasteiger partial charge in [0.05, 0.1) is 37.0 Å². The lowest BCUT2D eigenvalue weighted by atomic mass is 10.0. The van der Waals surface area contributed by atoms with Crippen LogP contribution in [0.1, 0.15) is 12.6 Å². The highest BCUT2D eigenvalue weighted by atomic mass is 32.1. The molecule has 4 rings (SSSR count). The van der Waals surface area contributed by atoms with Crippen LogP contribution in [0.15, 0.2) is 47.8 Å². The molecular formula is C23H19FN4O3S. The van der Waals surface area contributed by atoms with Crippen molar-refractivity contribution in [2.45, 2.75) is 19.4 Å². The molecule has 1 aliphatic rings. The van der Waals surface area contributed by atoms with Crippen molar-refractivity contribution < 1.29 is 18.7 Å². The second-order valence-corrected chi connectivity index (χ2v) is 8.13. The van der Waals surface area contributed by atoms with Crippen LogP contribution in [0, 0.1) is 17.1 Å². The molecule has 0 aliphatic carbocycles. The Morgan fingerprint density at radius 3 is 2.75 bits per heavy atom. The maximum Gasteiger partial charge on any atom is 0.414 e.